The van der Waals surface area contributed by atoms with Crippen LogP contribution in [-0.2, 0) is 4.79 Å². The number of rotatable bonds is 3. The number of nitrogens with zero attached hydrogens (tertiary/aromatic N) is 4. The minimum absolute atomic E-state index is 0.00481. The van der Waals surface area contributed by atoms with Crippen LogP contribution in [-0.4, -0.2) is 37.8 Å². The summed E-state index contributed by atoms with van der Waals surface area (Å²) in [7, 11) is 0. The monoisotopic (exact) mass is 231 g/mol. The zero-order chi connectivity index (χ0) is 12.3. The summed E-state index contributed by atoms with van der Waals surface area (Å²) in [4.78, 5) is 24.4. The maximum Gasteiger partial charge on any atom is 0.337 e. The number of hydrogen-bond acceptors (Lipinski definition) is 6. The molecule has 0 aliphatic rings. The number of tetrazole rings is 1. The van der Waals surface area contributed by atoms with Gasteiger partial charge in [-0.3, -0.25) is 0 Å². The number of benzene rings is 1. The first-order chi connectivity index (χ1) is 8.22. The van der Waals surface area contributed by atoms with Gasteiger partial charge >= 0.3 is 5.97 Å². The number of aliphatic imine (C=N–C) groups is 1. The summed E-state index contributed by atoms with van der Waals surface area (Å²) < 4.78 is 0. The van der Waals surface area contributed by atoms with Crippen LogP contribution >= 0.6 is 0 Å². The van der Waals surface area contributed by atoms with Crippen LogP contribution in [0.3, 0.4) is 0 Å². The highest BCUT2D eigenvalue weighted by Crippen LogP contribution is 2.25. The first-order valence-corrected chi connectivity index (χ1v) is 4.41. The number of carboxylic acids is 1. The van der Waals surface area contributed by atoms with E-state index in [0.29, 0.717) is 5.56 Å². The summed E-state index contributed by atoms with van der Waals surface area (Å²) in [6.07, 6.45) is 1.30. The van der Waals surface area contributed by atoms with Gasteiger partial charge in [-0.2, -0.15) is 10.2 Å². The molecular weight excluding hydrogens is 226 g/mol. The minimum Gasteiger partial charge on any atom is -0.478 e. The smallest absolute Gasteiger partial charge is 0.337 e. The summed E-state index contributed by atoms with van der Waals surface area (Å²) in [6, 6.07) is 4.18. The second-order valence-electron chi connectivity index (χ2n) is 2.98. The summed E-state index contributed by atoms with van der Waals surface area (Å²) in [5.74, 6) is -0.900. The Labute approximate surface area is 94.0 Å². The lowest BCUT2D eigenvalue weighted by atomic mass is 10.1. The zero-order valence-corrected chi connectivity index (χ0v) is 8.28. The van der Waals surface area contributed by atoms with Crippen molar-refractivity contribution in [3.8, 4) is 11.4 Å². The number of carboxylic acid groups (broad SMARTS) is 1. The van der Waals surface area contributed by atoms with Gasteiger partial charge in [-0.1, -0.05) is 6.07 Å². The van der Waals surface area contributed by atoms with E-state index in [-0.39, 0.29) is 17.1 Å². The molecule has 0 amide bonds. The van der Waals surface area contributed by atoms with Crippen LogP contribution in [0.1, 0.15) is 10.4 Å². The molecule has 2 rings (SSSR count). The summed E-state index contributed by atoms with van der Waals surface area (Å²) in [6.45, 7) is 0. The molecule has 8 nitrogen and oxygen atoms in total. The number of H-pyrrole nitrogens is 1. The molecule has 8 heteroatoms. The molecule has 0 saturated carbocycles. The van der Waals surface area contributed by atoms with Gasteiger partial charge in [0, 0.05) is 5.56 Å². The number of carbonyl (C=O) groups excluding carboxylic acids is 1. The number of nitrogens with one attached hydrogen (secondary N) is 1. The quantitative estimate of drug-likeness (QED) is 0.587. The third-order valence-corrected chi connectivity index (χ3v) is 2.00. The predicted octanol–water partition coefficient (Wildman–Crippen LogP) is 0.532. The van der Waals surface area contributed by atoms with E-state index in [9.17, 15) is 9.59 Å². The Morgan fingerprint density at radius 1 is 1.47 bits per heavy atom. The Balaban J connectivity index is 2.57. The van der Waals surface area contributed by atoms with Gasteiger partial charge in [0.2, 0.25) is 11.9 Å². The lowest BCUT2D eigenvalue weighted by Gasteiger charge is -2.00. The van der Waals surface area contributed by atoms with Crippen molar-refractivity contribution in [2.45, 2.75) is 0 Å². The van der Waals surface area contributed by atoms with Crippen molar-refractivity contribution in [2.24, 2.45) is 4.99 Å². The molecule has 0 aliphatic heterocycles. The normalized spacial score (nSPS) is 9.65. The Morgan fingerprint density at radius 3 is 2.88 bits per heavy atom. The molecule has 0 spiro atoms. The molecule has 2 aromatic rings. The second-order valence-corrected chi connectivity index (χ2v) is 2.98. The number of aromatic carboxylic acids is 1. The van der Waals surface area contributed by atoms with Crippen molar-refractivity contribution < 1.29 is 14.7 Å². The van der Waals surface area contributed by atoms with E-state index in [4.69, 9.17) is 5.11 Å². The number of isocyanates is 1. The highest BCUT2D eigenvalue weighted by Gasteiger charge is 2.12. The Kier molecular flexibility index (Phi) is 2.71. The standard InChI is InChI=1S/C9H5N5O3/c15-4-10-7-3-5(8-11-13-14-12-8)1-2-6(7)9(16)17/h1-3H,(H,16,17)(H,11,12,13,14). The molecule has 1 heterocycles. The van der Waals surface area contributed by atoms with E-state index in [2.05, 4.69) is 25.6 Å². The maximum absolute atomic E-state index is 10.9. The average molecular weight is 231 g/mol. The zero-order valence-electron chi connectivity index (χ0n) is 8.28. The molecule has 0 bridgehead atoms. The first kappa shape index (κ1) is 10.7. The fraction of sp³-hybridized carbons (Fsp3) is 0. The molecule has 0 radical (unpaired) electrons. The van der Waals surface area contributed by atoms with Crippen molar-refractivity contribution in [1.82, 2.24) is 20.6 Å². The molecule has 0 aliphatic carbocycles. The number of hydrogen-bond donors (Lipinski definition) is 2. The lowest BCUT2D eigenvalue weighted by Crippen LogP contribution is -1.97. The van der Waals surface area contributed by atoms with E-state index in [0.717, 1.165) is 0 Å². The third-order valence-electron chi connectivity index (χ3n) is 2.00. The van der Waals surface area contributed by atoms with Crippen molar-refractivity contribution in [3.63, 3.8) is 0 Å². The molecule has 2 N–H and O–H groups in total. The largest absolute Gasteiger partial charge is 0.478 e. The van der Waals surface area contributed by atoms with Crippen molar-refractivity contribution in [3.05, 3.63) is 23.8 Å². The van der Waals surface area contributed by atoms with Crippen molar-refractivity contribution >= 4 is 17.7 Å². The average Bonchev–Trinajstić information content (AvgIpc) is 2.82. The third kappa shape index (κ3) is 2.06. The van der Waals surface area contributed by atoms with E-state index >= 15 is 0 Å². The minimum atomic E-state index is -1.18. The predicted molar refractivity (Wildman–Crippen MR) is 54.4 cm³/mol. The number of aromatic amines is 1. The summed E-state index contributed by atoms with van der Waals surface area (Å²) in [5.41, 5.74) is 0.396. The molecule has 0 atom stereocenters. The molecular formula is C9H5N5O3. The SMILES string of the molecule is O=C=Nc1cc(-c2nn[nH]n2)ccc1C(=O)O. The highest BCUT2D eigenvalue weighted by atomic mass is 16.4. The van der Waals surface area contributed by atoms with E-state index in [1.165, 1.54) is 24.3 Å². The Bertz CT molecular complexity index is 601. The molecule has 0 saturated heterocycles. The van der Waals surface area contributed by atoms with Crippen LogP contribution < -0.4 is 0 Å². The van der Waals surface area contributed by atoms with E-state index in [1.807, 2.05) is 0 Å². The molecule has 1 aromatic carbocycles. The van der Waals surface area contributed by atoms with E-state index in [1.54, 1.807) is 0 Å². The first-order valence-electron chi connectivity index (χ1n) is 4.41. The van der Waals surface area contributed by atoms with Gasteiger partial charge < -0.3 is 5.11 Å². The van der Waals surface area contributed by atoms with Gasteiger partial charge in [0.05, 0.1) is 11.3 Å². The van der Waals surface area contributed by atoms with Crippen LogP contribution in [0.25, 0.3) is 11.4 Å². The number of carbonyl (C=O) groups is 1. The van der Waals surface area contributed by atoms with Crippen LogP contribution in [0.5, 0.6) is 0 Å². The molecule has 1 aromatic heterocycles. The Hall–Kier alpha value is -2.86. The van der Waals surface area contributed by atoms with Gasteiger partial charge in [0.25, 0.3) is 0 Å². The van der Waals surface area contributed by atoms with Crippen LogP contribution in [0, 0.1) is 0 Å². The van der Waals surface area contributed by atoms with Gasteiger partial charge in [-0.15, -0.1) is 10.2 Å². The van der Waals surface area contributed by atoms with Crippen LogP contribution in [0.4, 0.5) is 5.69 Å². The highest BCUT2D eigenvalue weighted by molar-refractivity contribution is 5.94. The molecule has 0 unspecified atom stereocenters. The Morgan fingerprint density at radius 2 is 2.29 bits per heavy atom. The number of aromatic nitrogens is 4. The van der Waals surface area contributed by atoms with Crippen LogP contribution in [0.2, 0.25) is 0 Å². The van der Waals surface area contributed by atoms with Gasteiger partial charge in [0.15, 0.2) is 0 Å². The summed E-state index contributed by atoms with van der Waals surface area (Å²) >= 11 is 0. The van der Waals surface area contributed by atoms with Crippen LogP contribution in [0.15, 0.2) is 23.2 Å². The van der Waals surface area contributed by atoms with Gasteiger partial charge in [-0.05, 0) is 17.3 Å². The van der Waals surface area contributed by atoms with E-state index < -0.39 is 5.97 Å². The van der Waals surface area contributed by atoms with Crippen molar-refractivity contribution in [1.29, 1.82) is 0 Å². The lowest BCUT2D eigenvalue weighted by molar-refractivity contribution is 0.0698. The molecule has 84 valence electrons. The topological polar surface area (TPSA) is 121 Å². The van der Waals surface area contributed by atoms with Gasteiger partial charge in [0.1, 0.15) is 0 Å². The van der Waals surface area contributed by atoms with Gasteiger partial charge in [-0.25, -0.2) is 9.59 Å². The second kappa shape index (κ2) is 4.33. The maximum atomic E-state index is 10.9. The van der Waals surface area contributed by atoms with Crippen molar-refractivity contribution in [2.75, 3.05) is 0 Å². The fourth-order valence-electron chi connectivity index (χ4n) is 1.28. The molecule has 17 heavy (non-hydrogen) atoms. The fourth-order valence-corrected chi connectivity index (χ4v) is 1.28. The molecule has 0 fully saturated rings. The summed E-state index contributed by atoms with van der Waals surface area (Å²) in [5, 5.41) is 22.0.